The van der Waals surface area contributed by atoms with E-state index in [1.165, 1.54) is 82.3 Å². The molecule has 0 atom stereocenters. The molecule has 0 spiro atoms. The van der Waals surface area contributed by atoms with Gasteiger partial charge in [0.05, 0.1) is 27.8 Å². The van der Waals surface area contributed by atoms with E-state index in [9.17, 15) is 0 Å². The van der Waals surface area contributed by atoms with Crippen LogP contribution in [0.25, 0.3) is 88.0 Å². The molecule has 0 N–H and O–H groups in total. The Balaban J connectivity index is 1.16. The zero-order valence-electron chi connectivity index (χ0n) is 26.2. The van der Waals surface area contributed by atoms with E-state index in [1.54, 1.807) is 0 Å². The van der Waals surface area contributed by atoms with Crippen molar-refractivity contribution < 1.29 is 0 Å². The van der Waals surface area contributed by atoms with Crippen molar-refractivity contribution >= 4 is 54.4 Å². The first-order valence-corrected chi connectivity index (χ1v) is 16.5. The topological polar surface area (TPSA) is 9.86 Å². The molecule has 48 heavy (non-hydrogen) atoms. The Hall–Kier alpha value is -6.38. The van der Waals surface area contributed by atoms with Gasteiger partial charge < -0.3 is 9.13 Å². The third kappa shape index (κ3) is 4.06. The summed E-state index contributed by atoms with van der Waals surface area (Å²) in [5.41, 5.74) is 12.1. The van der Waals surface area contributed by atoms with Gasteiger partial charge in [-0.2, -0.15) is 0 Å². The van der Waals surface area contributed by atoms with E-state index in [4.69, 9.17) is 0 Å². The first kappa shape index (κ1) is 26.8. The smallest absolute Gasteiger partial charge is 0.0549 e. The van der Waals surface area contributed by atoms with Gasteiger partial charge in [0, 0.05) is 32.6 Å². The van der Waals surface area contributed by atoms with Crippen LogP contribution < -0.4 is 0 Å². The zero-order valence-corrected chi connectivity index (χ0v) is 26.2. The highest BCUT2D eigenvalue weighted by molar-refractivity contribution is 6.19. The van der Waals surface area contributed by atoms with Crippen LogP contribution >= 0.6 is 0 Å². The number of rotatable bonds is 4. The molecule has 0 aliphatic carbocycles. The quantitative estimate of drug-likeness (QED) is 0.188. The fourth-order valence-electron chi connectivity index (χ4n) is 7.66. The summed E-state index contributed by atoms with van der Waals surface area (Å²) in [4.78, 5) is 0. The number of nitrogens with zero attached hydrogens (tertiary/aromatic N) is 2. The molecule has 0 radical (unpaired) electrons. The molecule has 2 aromatic heterocycles. The summed E-state index contributed by atoms with van der Waals surface area (Å²) in [7, 11) is 0. The van der Waals surface area contributed by atoms with Crippen LogP contribution in [-0.4, -0.2) is 9.13 Å². The van der Waals surface area contributed by atoms with Crippen molar-refractivity contribution in [3.05, 3.63) is 182 Å². The van der Waals surface area contributed by atoms with Gasteiger partial charge >= 0.3 is 0 Å². The second-order valence-electron chi connectivity index (χ2n) is 12.6. The molecule has 0 aliphatic heterocycles. The number of aromatic nitrogens is 2. The van der Waals surface area contributed by atoms with Crippen molar-refractivity contribution in [3.8, 4) is 33.6 Å². The maximum absolute atomic E-state index is 2.45. The predicted octanol–water partition coefficient (Wildman–Crippen LogP) is 12.4. The summed E-state index contributed by atoms with van der Waals surface area (Å²) in [5, 5.41) is 7.51. The Morgan fingerprint density at radius 3 is 1.38 bits per heavy atom. The lowest BCUT2D eigenvalue weighted by atomic mass is 10.0. The molecule has 8 aromatic carbocycles. The first-order valence-electron chi connectivity index (χ1n) is 16.5. The maximum Gasteiger partial charge on any atom is 0.0549 e. The second kappa shape index (κ2) is 10.6. The van der Waals surface area contributed by atoms with E-state index in [-0.39, 0.29) is 0 Å². The van der Waals surface area contributed by atoms with E-state index in [2.05, 4.69) is 191 Å². The van der Waals surface area contributed by atoms with Crippen molar-refractivity contribution in [1.82, 2.24) is 9.13 Å². The molecule has 0 fully saturated rings. The molecular weight excluding hydrogens is 581 g/mol. The molecule has 10 aromatic rings. The van der Waals surface area contributed by atoms with Crippen molar-refractivity contribution in [2.45, 2.75) is 0 Å². The molecule has 2 heterocycles. The summed E-state index contributed by atoms with van der Waals surface area (Å²) in [6.07, 6.45) is 0. The van der Waals surface area contributed by atoms with Crippen LogP contribution in [0.2, 0.25) is 0 Å². The van der Waals surface area contributed by atoms with Gasteiger partial charge in [-0.1, -0.05) is 140 Å². The van der Waals surface area contributed by atoms with E-state index in [1.807, 2.05) is 0 Å². The lowest BCUT2D eigenvalue weighted by Crippen LogP contribution is -1.95. The standard InChI is InChI=1S/C46H30N2/c1-2-11-31(12-3-1)32-21-23-33(24-22-32)34-25-27-36(28-26-34)47-43-18-8-6-16-38(43)40-30-46-41(29-45(40)47)39-17-7-9-19-44(39)48(46)42-20-10-14-35-13-4-5-15-37(35)42/h1-30H. The van der Waals surface area contributed by atoms with Crippen LogP contribution in [0.3, 0.4) is 0 Å². The zero-order chi connectivity index (χ0) is 31.6. The lowest BCUT2D eigenvalue weighted by Gasteiger charge is -2.12. The average molecular weight is 611 g/mol. The fraction of sp³-hybridized carbons (Fsp3) is 0. The number of benzene rings is 8. The number of hydrogen-bond donors (Lipinski definition) is 0. The van der Waals surface area contributed by atoms with Crippen LogP contribution in [0.4, 0.5) is 0 Å². The molecule has 2 heteroatoms. The normalized spacial score (nSPS) is 11.8. The molecule has 0 bridgehead atoms. The van der Waals surface area contributed by atoms with Gasteiger partial charge in [-0.15, -0.1) is 0 Å². The summed E-state index contributed by atoms with van der Waals surface area (Å²) < 4.78 is 4.88. The minimum absolute atomic E-state index is 1.16. The van der Waals surface area contributed by atoms with E-state index in [0.29, 0.717) is 0 Å². The SMILES string of the molecule is c1ccc(-c2ccc(-c3ccc(-n4c5ccccc5c5cc6c(cc54)c4ccccc4n6-c4cccc5ccccc45)cc3)cc2)cc1. The van der Waals surface area contributed by atoms with Gasteiger partial charge in [-0.05, 0) is 70.1 Å². The van der Waals surface area contributed by atoms with Gasteiger partial charge in [0.25, 0.3) is 0 Å². The largest absolute Gasteiger partial charge is 0.309 e. The second-order valence-corrected chi connectivity index (χ2v) is 12.6. The third-order valence-electron chi connectivity index (χ3n) is 9.92. The molecule has 0 saturated carbocycles. The van der Waals surface area contributed by atoms with Crippen LogP contribution in [0, 0.1) is 0 Å². The minimum atomic E-state index is 1.16. The van der Waals surface area contributed by atoms with E-state index < -0.39 is 0 Å². The Labute approximate surface area is 278 Å². The van der Waals surface area contributed by atoms with Gasteiger partial charge in [0.1, 0.15) is 0 Å². The molecule has 0 saturated heterocycles. The van der Waals surface area contributed by atoms with Crippen molar-refractivity contribution in [2.75, 3.05) is 0 Å². The predicted molar refractivity (Wildman–Crippen MR) is 203 cm³/mol. The van der Waals surface area contributed by atoms with Crippen molar-refractivity contribution in [2.24, 2.45) is 0 Å². The van der Waals surface area contributed by atoms with Gasteiger partial charge in [-0.3, -0.25) is 0 Å². The summed E-state index contributed by atoms with van der Waals surface area (Å²) in [5.74, 6) is 0. The molecule has 0 amide bonds. The highest BCUT2D eigenvalue weighted by atomic mass is 15.0. The maximum atomic E-state index is 2.45. The Morgan fingerprint density at radius 2 is 0.729 bits per heavy atom. The minimum Gasteiger partial charge on any atom is -0.309 e. The number of para-hydroxylation sites is 2. The van der Waals surface area contributed by atoms with Crippen LogP contribution in [0.15, 0.2) is 182 Å². The van der Waals surface area contributed by atoms with E-state index in [0.717, 1.165) is 5.69 Å². The lowest BCUT2D eigenvalue weighted by molar-refractivity contribution is 1.18. The molecule has 2 nitrogen and oxygen atoms in total. The summed E-state index contributed by atoms with van der Waals surface area (Å²) >= 11 is 0. The van der Waals surface area contributed by atoms with Crippen LogP contribution in [-0.2, 0) is 0 Å². The highest BCUT2D eigenvalue weighted by Crippen LogP contribution is 2.40. The van der Waals surface area contributed by atoms with Crippen molar-refractivity contribution in [1.29, 1.82) is 0 Å². The summed E-state index contributed by atoms with van der Waals surface area (Å²) in [6.45, 7) is 0. The Kier molecular flexibility index (Phi) is 5.91. The molecule has 0 aliphatic rings. The molecular formula is C46H30N2. The van der Waals surface area contributed by atoms with Crippen molar-refractivity contribution in [3.63, 3.8) is 0 Å². The van der Waals surface area contributed by atoms with Gasteiger partial charge in [0.15, 0.2) is 0 Å². The Bertz CT molecular complexity index is 2790. The van der Waals surface area contributed by atoms with Gasteiger partial charge in [-0.25, -0.2) is 0 Å². The highest BCUT2D eigenvalue weighted by Gasteiger charge is 2.19. The third-order valence-corrected chi connectivity index (χ3v) is 9.92. The number of fused-ring (bicyclic) bond motifs is 7. The Morgan fingerprint density at radius 1 is 0.271 bits per heavy atom. The molecule has 224 valence electrons. The van der Waals surface area contributed by atoms with Crippen LogP contribution in [0.1, 0.15) is 0 Å². The number of hydrogen-bond acceptors (Lipinski definition) is 0. The first-order chi connectivity index (χ1) is 23.8. The monoisotopic (exact) mass is 610 g/mol. The molecule has 0 unspecified atom stereocenters. The molecule has 10 rings (SSSR count). The van der Waals surface area contributed by atoms with Crippen LogP contribution in [0.5, 0.6) is 0 Å². The fourth-order valence-corrected chi connectivity index (χ4v) is 7.66. The average Bonchev–Trinajstić information content (AvgIpc) is 3.66. The van der Waals surface area contributed by atoms with Gasteiger partial charge in [0.2, 0.25) is 0 Å². The summed E-state index contributed by atoms with van der Waals surface area (Å²) in [6, 6.07) is 66.2. The van der Waals surface area contributed by atoms with E-state index >= 15 is 0 Å².